The molecule has 0 saturated carbocycles. The van der Waals surface area contributed by atoms with Crippen molar-refractivity contribution < 1.29 is 19.4 Å². The van der Waals surface area contributed by atoms with Gasteiger partial charge in [0.1, 0.15) is 12.4 Å². The van der Waals surface area contributed by atoms with Gasteiger partial charge in [-0.05, 0) is 37.6 Å². The van der Waals surface area contributed by atoms with Gasteiger partial charge < -0.3 is 14.6 Å². The number of amides is 1. The van der Waals surface area contributed by atoms with Crippen LogP contribution >= 0.6 is 0 Å². The number of carbonyl (C=O) groups is 1. The van der Waals surface area contributed by atoms with E-state index < -0.39 is 6.09 Å². The molecule has 122 valence electrons. The molecule has 2 aromatic rings. The predicted molar refractivity (Wildman–Crippen MR) is 88.3 cm³/mol. The lowest BCUT2D eigenvalue weighted by atomic mass is 10.2. The Hall–Kier alpha value is -2.53. The summed E-state index contributed by atoms with van der Waals surface area (Å²) in [6, 6.07) is 14.2. The molecule has 2 N–H and O–H groups in total. The molecule has 0 aromatic heterocycles. The summed E-state index contributed by atoms with van der Waals surface area (Å²) in [6.45, 7) is 4.31. The highest BCUT2D eigenvalue weighted by molar-refractivity contribution is 5.84. The minimum absolute atomic E-state index is 0.0573. The third-order valence-electron chi connectivity index (χ3n) is 3.11. The fraction of sp³-hybridized carbons (Fsp3) is 0.278. The summed E-state index contributed by atoms with van der Waals surface area (Å²) in [5.74, 6) is 0.133. The fourth-order valence-corrected chi connectivity index (χ4v) is 1.91. The van der Waals surface area contributed by atoms with E-state index in [-0.39, 0.29) is 25.1 Å². The first-order valence-electron chi connectivity index (χ1n) is 7.46. The van der Waals surface area contributed by atoms with Crippen LogP contribution in [-0.2, 0) is 22.7 Å². The van der Waals surface area contributed by atoms with E-state index in [9.17, 15) is 9.90 Å². The van der Waals surface area contributed by atoms with Gasteiger partial charge in [0.05, 0.1) is 12.7 Å². The van der Waals surface area contributed by atoms with Crippen LogP contribution < -0.4 is 5.32 Å². The zero-order valence-corrected chi connectivity index (χ0v) is 13.3. The molecular formula is C18H21NO4. The first-order valence-corrected chi connectivity index (χ1v) is 7.46. The molecule has 0 bridgehead atoms. The quantitative estimate of drug-likeness (QED) is 0.789. The summed E-state index contributed by atoms with van der Waals surface area (Å²) < 4.78 is 10.6. The molecule has 1 amide bonds. The predicted octanol–water partition coefficient (Wildman–Crippen LogP) is 4.07. The molecule has 0 saturated heterocycles. The zero-order valence-electron chi connectivity index (χ0n) is 13.3. The number of aromatic hydroxyl groups is 1. The van der Waals surface area contributed by atoms with Gasteiger partial charge in [-0.3, -0.25) is 5.32 Å². The van der Waals surface area contributed by atoms with E-state index in [2.05, 4.69) is 5.32 Å². The molecule has 0 heterocycles. The molecule has 5 nitrogen and oxygen atoms in total. The van der Waals surface area contributed by atoms with Crippen LogP contribution in [0.4, 0.5) is 10.5 Å². The van der Waals surface area contributed by atoms with Gasteiger partial charge >= 0.3 is 6.09 Å². The summed E-state index contributed by atoms with van der Waals surface area (Å²) in [5.41, 5.74) is 2.07. The molecule has 23 heavy (non-hydrogen) atoms. The number of rotatable bonds is 6. The summed E-state index contributed by atoms with van der Waals surface area (Å²) in [5, 5.41) is 12.4. The maximum Gasteiger partial charge on any atom is 0.411 e. The van der Waals surface area contributed by atoms with E-state index in [4.69, 9.17) is 9.47 Å². The first-order chi connectivity index (χ1) is 11.0. The second kappa shape index (κ2) is 8.19. The number of phenols is 1. The smallest absolute Gasteiger partial charge is 0.411 e. The van der Waals surface area contributed by atoms with Crippen molar-refractivity contribution in [2.45, 2.75) is 33.2 Å². The highest BCUT2D eigenvalue weighted by Crippen LogP contribution is 2.23. The Bertz CT molecular complexity index is 641. The van der Waals surface area contributed by atoms with Crippen LogP contribution in [0.2, 0.25) is 0 Å². The third kappa shape index (κ3) is 5.64. The van der Waals surface area contributed by atoms with E-state index in [1.54, 1.807) is 12.1 Å². The Balaban J connectivity index is 1.91. The molecule has 0 radical (unpaired) electrons. The van der Waals surface area contributed by atoms with Crippen LogP contribution in [0.25, 0.3) is 0 Å². The molecule has 2 rings (SSSR count). The minimum Gasteiger partial charge on any atom is -0.508 e. The Morgan fingerprint density at radius 2 is 1.87 bits per heavy atom. The van der Waals surface area contributed by atoms with Gasteiger partial charge in [0.2, 0.25) is 0 Å². The van der Waals surface area contributed by atoms with Crippen molar-refractivity contribution in [1.82, 2.24) is 0 Å². The number of hydrogen-bond acceptors (Lipinski definition) is 4. The van der Waals surface area contributed by atoms with Gasteiger partial charge in [-0.15, -0.1) is 0 Å². The maximum atomic E-state index is 11.8. The van der Waals surface area contributed by atoms with Crippen LogP contribution in [0.1, 0.15) is 25.0 Å². The number of ether oxygens (including phenoxy) is 2. The van der Waals surface area contributed by atoms with Crippen LogP contribution in [-0.4, -0.2) is 17.3 Å². The lowest BCUT2D eigenvalue weighted by Gasteiger charge is -2.12. The maximum absolute atomic E-state index is 11.8. The summed E-state index contributed by atoms with van der Waals surface area (Å²) in [4.78, 5) is 11.8. The zero-order chi connectivity index (χ0) is 16.7. The van der Waals surface area contributed by atoms with Crippen molar-refractivity contribution in [2.75, 3.05) is 5.32 Å². The molecule has 0 aliphatic rings. The number of benzene rings is 2. The van der Waals surface area contributed by atoms with E-state index in [1.807, 2.05) is 44.2 Å². The fourth-order valence-electron chi connectivity index (χ4n) is 1.91. The van der Waals surface area contributed by atoms with Crippen LogP contribution in [0.15, 0.2) is 48.5 Å². The first kappa shape index (κ1) is 16.8. The van der Waals surface area contributed by atoms with Crippen molar-refractivity contribution in [3.8, 4) is 5.75 Å². The van der Waals surface area contributed by atoms with E-state index in [0.717, 1.165) is 5.56 Å². The molecule has 5 heteroatoms. The van der Waals surface area contributed by atoms with Crippen LogP contribution in [0.3, 0.4) is 0 Å². The number of carbonyl (C=O) groups excluding carboxylic acids is 1. The normalized spacial score (nSPS) is 10.6. The minimum atomic E-state index is -0.546. The third-order valence-corrected chi connectivity index (χ3v) is 3.11. The highest BCUT2D eigenvalue weighted by Gasteiger charge is 2.08. The van der Waals surface area contributed by atoms with Crippen molar-refractivity contribution >= 4 is 11.8 Å². The SMILES string of the molecule is CC(C)OCc1cc(NC(=O)OCc2ccccc2)ccc1O. The Labute approximate surface area is 135 Å². The number of hydrogen-bond donors (Lipinski definition) is 2. The summed E-state index contributed by atoms with van der Waals surface area (Å²) in [6.07, 6.45) is -0.489. The van der Waals surface area contributed by atoms with Crippen molar-refractivity contribution in [2.24, 2.45) is 0 Å². The van der Waals surface area contributed by atoms with Crippen molar-refractivity contribution in [3.63, 3.8) is 0 Å². The molecule has 0 spiro atoms. The second-order valence-corrected chi connectivity index (χ2v) is 5.39. The molecule has 0 unspecified atom stereocenters. The van der Waals surface area contributed by atoms with Crippen molar-refractivity contribution in [3.05, 3.63) is 59.7 Å². The van der Waals surface area contributed by atoms with Crippen LogP contribution in [0.5, 0.6) is 5.75 Å². The number of phenolic OH excluding ortho intramolecular Hbond substituents is 1. The second-order valence-electron chi connectivity index (χ2n) is 5.39. The number of anilines is 1. The molecule has 0 fully saturated rings. The largest absolute Gasteiger partial charge is 0.508 e. The standard InChI is InChI=1S/C18H21NO4/c1-13(2)22-12-15-10-16(8-9-17(15)20)19-18(21)23-11-14-6-4-3-5-7-14/h3-10,13,20H,11-12H2,1-2H3,(H,19,21). The molecule has 0 atom stereocenters. The molecule has 0 aliphatic heterocycles. The average Bonchev–Trinajstić information content (AvgIpc) is 2.54. The topological polar surface area (TPSA) is 67.8 Å². The lowest BCUT2D eigenvalue weighted by molar-refractivity contribution is 0.0645. The van der Waals surface area contributed by atoms with Gasteiger partial charge in [0.25, 0.3) is 0 Å². The van der Waals surface area contributed by atoms with Gasteiger partial charge in [-0.25, -0.2) is 4.79 Å². The Morgan fingerprint density at radius 1 is 1.13 bits per heavy atom. The Morgan fingerprint density at radius 3 is 2.57 bits per heavy atom. The van der Waals surface area contributed by atoms with E-state index in [1.165, 1.54) is 6.07 Å². The van der Waals surface area contributed by atoms with Crippen molar-refractivity contribution in [1.29, 1.82) is 0 Å². The molecule has 2 aromatic carbocycles. The Kier molecular flexibility index (Phi) is 6.00. The van der Waals surface area contributed by atoms with Gasteiger partial charge in [-0.2, -0.15) is 0 Å². The molecular weight excluding hydrogens is 294 g/mol. The van der Waals surface area contributed by atoms with Gasteiger partial charge in [0, 0.05) is 11.3 Å². The number of nitrogens with one attached hydrogen (secondary N) is 1. The van der Waals surface area contributed by atoms with Gasteiger partial charge in [-0.1, -0.05) is 30.3 Å². The summed E-state index contributed by atoms with van der Waals surface area (Å²) in [7, 11) is 0. The van der Waals surface area contributed by atoms with E-state index >= 15 is 0 Å². The molecule has 0 aliphatic carbocycles. The lowest BCUT2D eigenvalue weighted by Crippen LogP contribution is -2.13. The van der Waals surface area contributed by atoms with E-state index in [0.29, 0.717) is 11.3 Å². The monoisotopic (exact) mass is 315 g/mol. The average molecular weight is 315 g/mol. The summed E-state index contributed by atoms with van der Waals surface area (Å²) >= 11 is 0. The highest BCUT2D eigenvalue weighted by atomic mass is 16.5. The van der Waals surface area contributed by atoms with Gasteiger partial charge in [0.15, 0.2) is 0 Å². The van der Waals surface area contributed by atoms with Crippen LogP contribution in [0, 0.1) is 0 Å².